The number of hydrogen-bond donors (Lipinski definition) is 1. The van der Waals surface area contributed by atoms with Crippen molar-refractivity contribution in [3.05, 3.63) is 53.6 Å². The zero-order valence-electron chi connectivity index (χ0n) is 16.6. The Bertz CT molecular complexity index is 1000. The van der Waals surface area contributed by atoms with Crippen LogP contribution in [0.15, 0.2) is 42.5 Å². The van der Waals surface area contributed by atoms with E-state index in [4.69, 9.17) is 14.5 Å². The lowest BCUT2D eigenvalue weighted by atomic mass is 10.0. The number of rotatable bonds is 5. The summed E-state index contributed by atoms with van der Waals surface area (Å²) in [4.78, 5) is 7.30. The van der Waals surface area contributed by atoms with E-state index >= 15 is 0 Å². The van der Waals surface area contributed by atoms with Crippen LogP contribution in [0.25, 0.3) is 22.2 Å². The summed E-state index contributed by atoms with van der Waals surface area (Å²) in [6.07, 6.45) is 0.590. The summed E-state index contributed by atoms with van der Waals surface area (Å²) >= 11 is 0. The van der Waals surface area contributed by atoms with E-state index in [-0.39, 0.29) is 6.10 Å². The average molecular weight is 378 g/mol. The summed E-state index contributed by atoms with van der Waals surface area (Å²) in [5.41, 5.74) is 5.26. The molecule has 1 N–H and O–H groups in total. The Hall–Kier alpha value is -2.63. The first-order chi connectivity index (χ1) is 13.6. The van der Waals surface area contributed by atoms with Gasteiger partial charge in [0.1, 0.15) is 0 Å². The van der Waals surface area contributed by atoms with Crippen LogP contribution in [0.5, 0.6) is 11.5 Å². The molecular weight excluding hydrogens is 352 g/mol. The molecule has 0 aliphatic carbocycles. The molecule has 1 aromatic heterocycles. The maximum Gasteiger partial charge on any atom is 0.161 e. The van der Waals surface area contributed by atoms with Crippen LogP contribution in [0.2, 0.25) is 0 Å². The van der Waals surface area contributed by atoms with Crippen molar-refractivity contribution in [2.45, 2.75) is 26.0 Å². The molecule has 0 amide bonds. The topological polar surface area (TPSA) is 54.8 Å². The normalized spacial score (nSPS) is 17.2. The van der Waals surface area contributed by atoms with E-state index < -0.39 is 0 Å². The highest BCUT2D eigenvalue weighted by molar-refractivity contribution is 5.84. The Morgan fingerprint density at radius 3 is 2.61 bits per heavy atom. The Labute approximate surface area is 165 Å². The molecule has 0 radical (unpaired) electrons. The molecule has 3 aromatic rings. The van der Waals surface area contributed by atoms with Gasteiger partial charge >= 0.3 is 0 Å². The number of aromatic nitrogens is 1. The van der Waals surface area contributed by atoms with Crippen LogP contribution < -0.4 is 9.47 Å². The molecule has 1 aliphatic heterocycles. The number of methoxy groups -OCH3 is 2. The van der Waals surface area contributed by atoms with E-state index in [0.29, 0.717) is 18.0 Å². The van der Waals surface area contributed by atoms with Gasteiger partial charge in [0.25, 0.3) is 0 Å². The second-order valence-electron chi connectivity index (χ2n) is 7.44. The number of likely N-dealkylation sites (tertiary alicyclic amines) is 1. The van der Waals surface area contributed by atoms with Gasteiger partial charge in [-0.1, -0.05) is 12.1 Å². The zero-order valence-corrected chi connectivity index (χ0v) is 16.6. The summed E-state index contributed by atoms with van der Waals surface area (Å²) in [5.74, 6) is 1.39. The van der Waals surface area contributed by atoms with Crippen LogP contribution in [0.1, 0.15) is 17.5 Å². The smallest absolute Gasteiger partial charge is 0.161 e. The number of aryl methyl sites for hydroxylation is 1. The highest BCUT2D eigenvalue weighted by atomic mass is 16.5. The second-order valence-corrected chi connectivity index (χ2v) is 7.44. The lowest BCUT2D eigenvalue weighted by Gasteiger charge is -2.19. The van der Waals surface area contributed by atoms with Gasteiger partial charge in [-0.3, -0.25) is 4.90 Å². The van der Waals surface area contributed by atoms with Gasteiger partial charge in [-0.2, -0.15) is 0 Å². The van der Waals surface area contributed by atoms with Gasteiger partial charge in [0.2, 0.25) is 0 Å². The number of nitrogens with zero attached hydrogens (tertiary/aromatic N) is 2. The third-order valence-corrected chi connectivity index (χ3v) is 5.35. The van der Waals surface area contributed by atoms with Crippen molar-refractivity contribution < 1.29 is 14.6 Å². The molecule has 0 unspecified atom stereocenters. The fraction of sp³-hybridized carbons (Fsp3) is 0.348. The Morgan fingerprint density at radius 2 is 1.89 bits per heavy atom. The van der Waals surface area contributed by atoms with Crippen molar-refractivity contribution in [1.29, 1.82) is 0 Å². The van der Waals surface area contributed by atoms with Crippen LogP contribution >= 0.6 is 0 Å². The van der Waals surface area contributed by atoms with Gasteiger partial charge in [0.15, 0.2) is 11.5 Å². The third kappa shape index (κ3) is 3.68. The number of benzene rings is 2. The largest absolute Gasteiger partial charge is 0.493 e. The summed E-state index contributed by atoms with van der Waals surface area (Å²) in [7, 11) is 3.28. The van der Waals surface area contributed by atoms with Crippen molar-refractivity contribution in [3.63, 3.8) is 0 Å². The van der Waals surface area contributed by atoms with Crippen molar-refractivity contribution in [2.75, 3.05) is 27.3 Å². The molecular formula is C23H26N2O3. The number of aliphatic hydroxyl groups is 1. The number of ether oxygens (including phenoxy) is 2. The average Bonchev–Trinajstić information content (AvgIpc) is 3.11. The quantitative estimate of drug-likeness (QED) is 0.732. The first kappa shape index (κ1) is 18.7. The van der Waals surface area contributed by atoms with E-state index in [1.54, 1.807) is 14.2 Å². The molecule has 5 nitrogen and oxygen atoms in total. The number of pyridine rings is 1. The highest BCUT2D eigenvalue weighted by Gasteiger charge is 2.22. The van der Waals surface area contributed by atoms with E-state index in [0.717, 1.165) is 47.2 Å². The van der Waals surface area contributed by atoms with Crippen LogP contribution in [0.3, 0.4) is 0 Å². The molecule has 1 aliphatic rings. The lowest BCUT2D eigenvalue weighted by Crippen LogP contribution is -2.22. The van der Waals surface area contributed by atoms with E-state index in [1.165, 1.54) is 5.56 Å². The monoisotopic (exact) mass is 378 g/mol. The van der Waals surface area contributed by atoms with Crippen molar-refractivity contribution in [3.8, 4) is 22.8 Å². The molecule has 1 atom stereocenters. The first-order valence-electron chi connectivity index (χ1n) is 9.60. The first-order valence-corrected chi connectivity index (χ1v) is 9.60. The third-order valence-electron chi connectivity index (χ3n) is 5.35. The van der Waals surface area contributed by atoms with E-state index in [1.807, 2.05) is 18.2 Å². The van der Waals surface area contributed by atoms with Crippen LogP contribution in [0, 0.1) is 6.92 Å². The molecule has 0 saturated carbocycles. The summed E-state index contributed by atoms with van der Waals surface area (Å²) in [6.45, 7) is 4.45. The maximum atomic E-state index is 9.90. The number of aliphatic hydroxyl groups excluding tert-OH is 1. The summed E-state index contributed by atoms with van der Waals surface area (Å²) in [6, 6.07) is 14.5. The zero-order chi connectivity index (χ0) is 19.7. The van der Waals surface area contributed by atoms with Crippen molar-refractivity contribution in [2.24, 2.45) is 0 Å². The predicted octanol–water partition coefficient (Wildman–Crippen LogP) is 3.79. The minimum absolute atomic E-state index is 0.236. The van der Waals surface area contributed by atoms with Crippen molar-refractivity contribution in [1.82, 2.24) is 9.88 Å². The minimum Gasteiger partial charge on any atom is -0.493 e. The van der Waals surface area contributed by atoms with E-state index in [2.05, 4.69) is 36.1 Å². The molecule has 146 valence electrons. The Kier molecular flexibility index (Phi) is 5.20. The van der Waals surface area contributed by atoms with Crippen LogP contribution in [0.4, 0.5) is 0 Å². The number of β-amino-alcohol motifs (C(OH)–C–C–N with tert-alkyl or cyclic N) is 1. The predicted molar refractivity (Wildman–Crippen MR) is 111 cm³/mol. The van der Waals surface area contributed by atoms with Crippen molar-refractivity contribution >= 4 is 10.9 Å². The SMILES string of the molecule is COc1ccc(-c2nc3cc(C)ccc3cc2CN2CC[C@@H](O)C2)cc1OC. The summed E-state index contributed by atoms with van der Waals surface area (Å²) in [5, 5.41) is 11.0. The van der Waals surface area contributed by atoms with Gasteiger partial charge in [-0.05, 0) is 54.8 Å². The van der Waals surface area contributed by atoms with Gasteiger partial charge < -0.3 is 14.6 Å². The molecule has 0 spiro atoms. The van der Waals surface area contributed by atoms with Gasteiger partial charge in [0.05, 0.1) is 31.5 Å². The number of fused-ring (bicyclic) bond motifs is 1. The van der Waals surface area contributed by atoms with Gasteiger partial charge in [0, 0.05) is 30.6 Å². The highest BCUT2D eigenvalue weighted by Crippen LogP contribution is 2.34. The van der Waals surface area contributed by atoms with E-state index in [9.17, 15) is 5.11 Å². The second kappa shape index (κ2) is 7.78. The molecule has 1 fully saturated rings. The van der Waals surface area contributed by atoms with Gasteiger partial charge in [-0.25, -0.2) is 4.98 Å². The maximum absolute atomic E-state index is 9.90. The van der Waals surface area contributed by atoms with Gasteiger partial charge in [-0.15, -0.1) is 0 Å². The molecule has 0 bridgehead atoms. The molecule has 4 rings (SSSR count). The van der Waals surface area contributed by atoms with Crippen LogP contribution in [-0.2, 0) is 6.54 Å². The Morgan fingerprint density at radius 1 is 1.07 bits per heavy atom. The lowest BCUT2D eigenvalue weighted by molar-refractivity contribution is 0.175. The standard InChI is InChI=1S/C23H26N2O3/c1-15-4-5-16-11-18(13-25-9-8-19(26)14-25)23(24-20(16)10-15)17-6-7-21(27-2)22(12-17)28-3/h4-7,10-12,19,26H,8-9,13-14H2,1-3H3/t19-/m1/s1. The fourth-order valence-electron chi connectivity index (χ4n) is 3.87. The molecule has 28 heavy (non-hydrogen) atoms. The molecule has 5 heteroatoms. The van der Waals surface area contributed by atoms with Crippen LogP contribution in [-0.4, -0.2) is 48.4 Å². The Balaban J connectivity index is 1.83. The fourth-order valence-corrected chi connectivity index (χ4v) is 3.87. The number of hydrogen-bond acceptors (Lipinski definition) is 5. The summed E-state index contributed by atoms with van der Waals surface area (Å²) < 4.78 is 10.9. The minimum atomic E-state index is -0.236. The molecule has 2 heterocycles. The molecule has 2 aromatic carbocycles. The molecule has 1 saturated heterocycles.